The van der Waals surface area contributed by atoms with Crippen molar-refractivity contribution in [3.63, 3.8) is 0 Å². The third-order valence-corrected chi connectivity index (χ3v) is 4.20. The molecule has 0 saturated carbocycles. The number of aromatic nitrogens is 2. The summed E-state index contributed by atoms with van der Waals surface area (Å²) in [5, 5.41) is 6.77. The highest BCUT2D eigenvalue weighted by molar-refractivity contribution is 5.64. The summed E-state index contributed by atoms with van der Waals surface area (Å²) in [6, 6.07) is 22.7. The Balaban J connectivity index is 1.72. The Morgan fingerprint density at radius 2 is 1.52 bits per heavy atom. The van der Waals surface area contributed by atoms with Gasteiger partial charge in [-0.15, -0.1) is 0 Å². The number of nitrogens with zero attached hydrogens (tertiary/aromatic N) is 3. The van der Waals surface area contributed by atoms with E-state index in [2.05, 4.69) is 76.0 Å². The number of likely N-dealkylation sites (N-methyl/N-ethyl adjacent to an activating group) is 1. The van der Waals surface area contributed by atoms with E-state index < -0.39 is 0 Å². The van der Waals surface area contributed by atoms with Crippen LogP contribution >= 0.6 is 0 Å². The van der Waals surface area contributed by atoms with Crippen molar-refractivity contribution in [3.8, 4) is 11.3 Å². The van der Waals surface area contributed by atoms with Gasteiger partial charge in [0.05, 0.1) is 5.69 Å². The summed E-state index contributed by atoms with van der Waals surface area (Å²) in [4.78, 5) is 11.5. The first kappa shape index (κ1) is 18.9. The van der Waals surface area contributed by atoms with Crippen molar-refractivity contribution in [2.45, 2.75) is 6.42 Å². The molecule has 1 heterocycles. The minimum Gasteiger partial charge on any atom is -0.370 e. The summed E-state index contributed by atoms with van der Waals surface area (Å²) in [7, 11) is 4.11. The maximum Gasteiger partial charge on any atom is 0.225 e. The van der Waals surface area contributed by atoms with E-state index in [1.807, 2.05) is 30.3 Å². The van der Waals surface area contributed by atoms with Crippen molar-refractivity contribution in [1.82, 2.24) is 14.9 Å². The van der Waals surface area contributed by atoms with Crippen LogP contribution in [0.1, 0.15) is 5.56 Å². The van der Waals surface area contributed by atoms with Gasteiger partial charge in [0, 0.05) is 31.3 Å². The summed E-state index contributed by atoms with van der Waals surface area (Å²) in [5.41, 5.74) is 3.31. The Bertz CT molecular complexity index is 819. The fourth-order valence-electron chi connectivity index (χ4n) is 2.74. The van der Waals surface area contributed by atoms with E-state index in [9.17, 15) is 0 Å². The molecule has 0 amide bonds. The molecule has 0 saturated heterocycles. The average Bonchev–Trinajstić information content (AvgIpc) is 2.69. The Labute approximate surface area is 161 Å². The molecular formula is C22H27N5. The number of rotatable bonds is 9. The Hall–Kier alpha value is -2.92. The lowest BCUT2D eigenvalue weighted by Crippen LogP contribution is -2.21. The largest absolute Gasteiger partial charge is 0.370 e. The van der Waals surface area contributed by atoms with Crippen LogP contribution in [0, 0.1) is 0 Å². The van der Waals surface area contributed by atoms with E-state index >= 15 is 0 Å². The summed E-state index contributed by atoms with van der Waals surface area (Å²) in [5.74, 6) is 1.49. The highest BCUT2D eigenvalue weighted by Gasteiger charge is 2.07. The molecule has 0 atom stereocenters. The molecule has 0 spiro atoms. The number of benzene rings is 2. The second kappa shape index (κ2) is 9.69. The van der Waals surface area contributed by atoms with Gasteiger partial charge in [-0.1, -0.05) is 60.7 Å². The molecule has 1 aromatic heterocycles. The zero-order valence-electron chi connectivity index (χ0n) is 16.0. The van der Waals surface area contributed by atoms with E-state index in [4.69, 9.17) is 0 Å². The van der Waals surface area contributed by atoms with Crippen molar-refractivity contribution in [3.05, 3.63) is 72.3 Å². The molecular weight excluding hydrogens is 334 g/mol. The van der Waals surface area contributed by atoms with Crippen LogP contribution in [0.3, 0.4) is 0 Å². The van der Waals surface area contributed by atoms with Gasteiger partial charge >= 0.3 is 0 Å². The van der Waals surface area contributed by atoms with Crippen LogP contribution in [0.15, 0.2) is 66.7 Å². The lowest BCUT2D eigenvalue weighted by molar-refractivity contribution is 0.425. The maximum absolute atomic E-state index is 4.69. The first-order chi connectivity index (χ1) is 13.2. The Morgan fingerprint density at radius 3 is 2.22 bits per heavy atom. The van der Waals surface area contributed by atoms with Crippen molar-refractivity contribution < 1.29 is 0 Å². The smallest absolute Gasteiger partial charge is 0.225 e. The number of hydrogen-bond acceptors (Lipinski definition) is 5. The van der Waals surface area contributed by atoms with E-state index in [-0.39, 0.29) is 0 Å². The maximum atomic E-state index is 4.69. The zero-order valence-corrected chi connectivity index (χ0v) is 16.0. The SMILES string of the molecule is CN(C)CCNc1nc(NCCc2ccccc2)cc(-c2ccccc2)n1. The third kappa shape index (κ3) is 6.08. The van der Waals surface area contributed by atoms with E-state index in [0.29, 0.717) is 5.95 Å². The van der Waals surface area contributed by atoms with Gasteiger partial charge in [-0.3, -0.25) is 0 Å². The number of anilines is 2. The van der Waals surface area contributed by atoms with Gasteiger partial charge in [0.15, 0.2) is 0 Å². The van der Waals surface area contributed by atoms with E-state index in [0.717, 1.165) is 43.1 Å². The highest BCUT2D eigenvalue weighted by atomic mass is 15.2. The van der Waals surface area contributed by atoms with Gasteiger partial charge in [0.25, 0.3) is 0 Å². The van der Waals surface area contributed by atoms with Gasteiger partial charge in [-0.05, 0) is 26.1 Å². The number of hydrogen-bond donors (Lipinski definition) is 2. The van der Waals surface area contributed by atoms with Crippen molar-refractivity contribution in [2.24, 2.45) is 0 Å². The lowest BCUT2D eigenvalue weighted by Gasteiger charge is -2.13. The molecule has 0 aliphatic heterocycles. The Morgan fingerprint density at radius 1 is 0.815 bits per heavy atom. The van der Waals surface area contributed by atoms with Crippen LogP contribution in [-0.2, 0) is 6.42 Å². The first-order valence-electron chi connectivity index (χ1n) is 9.31. The molecule has 0 radical (unpaired) electrons. The Kier molecular flexibility index (Phi) is 6.77. The predicted octanol–water partition coefficient (Wildman–Crippen LogP) is 3.77. The van der Waals surface area contributed by atoms with Crippen LogP contribution in [-0.4, -0.2) is 48.6 Å². The fourth-order valence-corrected chi connectivity index (χ4v) is 2.74. The molecule has 3 rings (SSSR count). The molecule has 2 N–H and O–H groups in total. The monoisotopic (exact) mass is 361 g/mol. The molecule has 0 unspecified atom stereocenters. The summed E-state index contributed by atoms with van der Waals surface area (Å²) < 4.78 is 0. The third-order valence-electron chi connectivity index (χ3n) is 4.20. The van der Waals surface area contributed by atoms with Crippen LogP contribution < -0.4 is 10.6 Å². The van der Waals surface area contributed by atoms with Crippen molar-refractivity contribution in [1.29, 1.82) is 0 Å². The normalized spacial score (nSPS) is 10.8. The number of nitrogens with one attached hydrogen (secondary N) is 2. The summed E-state index contributed by atoms with van der Waals surface area (Å²) >= 11 is 0. The van der Waals surface area contributed by atoms with Crippen LogP contribution in [0.2, 0.25) is 0 Å². The van der Waals surface area contributed by atoms with Crippen molar-refractivity contribution in [2.75, 3.05) is 44.4 Å². The average molecular weight is 361 g/mol. The molecule has 5 nitrogen and oxygen atoms in total. The van der Waals surface area contributed by atoms with Crippen molar-refractivity contribution >= 4 is 11.8 Å². The van der Waals surface area contributed by atoms with E-state index in [1.165, 1.54) is 5.56 Å². The van der Waals surface area contributed by atoms with Crippen LogP contribution in [0.4, 0.5) is 11.8 Å². The second-order valence-electron chi connectivity index (χ2n) is 6.72. The molecule has 0 aliphatic carbocycles. The van der Waals surface area contributed by atoms with Gasteiger partial charge < -0.3 is 15.5 Å². The standard InChI is InChI=1S/C22H27N5/c1-27(2)16-15-24-22-25-20(19-11-7-4-8-12-19)17-21(26-22)23-14-13-18-9-5-3-6-10-18/h3-12,17H,13-16H2,1-2H3,(H2,23,24,25,26). The molecule has 3 aromatic rings. The molecule has 27 heavy (non-hydrogen) atoms. The lowest BCUT2D eigenvalue weighted by atomic mass is 10.1. The van der Waals surface area contributed by atoms with Gasteiger partial charge in [0.1, 0.15) is 5.82 Å². The van der Waals surface area contributed by atoms with Gasteiger partial charge in [-0.25, -0.2) is 4.98 Å². The summed E-state index contributed by atoms with van der Waals surface area (Å²) in [6.45, 7) is 2.55. The van der Waals surface area contributed by atoms with Crippen LogP contribution in [0.25, 0.3) is 11.3 Å². The molecule has 0 aliphatic rings. The molecule has 5 heteroatoms. The molecule has 0 bridgehead atoms. The predicted molar refractivity (Wildman–Crippen MR) is 113 cm³/mol. The topological polar surface area (TPSA) is 53.1 Å². The van der Waals surface area contributed by atoms with Crippen LogP contribution in [0.5, 0.6) is 0 Å². The second-order valence-corrected chi connectivity index (χ2v) is 6.72. The summed E-state index contributed by atoms with van der Waals surface area (Å²) in [6.07, 6.45) is 0.953. The minimum atomic E-state index is 0.653. The van der Waals surface area contributed by atoms with E-state index in [1.54, 1.807) is 0 Å². The molecule has 0 fully saturated rings. The molecule has 2 aromatic carbocycles. The highest BCUT2D eigenvalue weighted by Crippen LogP contribution is 2.21. The zero-order chi connectivity index (χ0) is 18.9. The quantitative estimate of drug-likeness (QED) is 0.608. The first-order valence-corrected chi connectivity index (χ1v) is 9.31. The minimum absolute atomic E-state index is 0.653. The van der Waals surface area contributed by atoms with Gasteiger partial charge in [0.2, 0.25) is 5.95 Å². The molecule has 140 valence electrons. The van der Waals surface area contributed by atoms with Gasteiger partial charge in [-0.2, -0.15) is 4.98 Å². The fraction of sp³-hybridized carbons (Fsp3) is 0.273.